The molecule has 0 bridgehead atoms. The Balaban J connectivity index is 7.87. The Morgan fingerprint density at radius 2 is 0.410 bits per heavy atom. The number of hydrogen-bond donors (Lipinski definition) is 1. The van der Waals surface area contributed by atoms with Crippen LogP contribution in [0, 0.1) is 0 Å². The van der Waals surface area contributed by atoms with Crippen molar-refractivity contribution in [2.75, 3.05) is 0 Å². The van der Waals surface area contributed by atoms with Crippen LogP contribution >= 0.6 is 0 Å². The van der Waals surface area contributed by atoms with Gasteiger partial charge in [0.1, 0.15) is 0 Å². The molecule has 0 radical (unpaired) electrons. The molecule has 0 aliphatic heterocycles. The van der Waals surface area contributed by atoms with Crippen LogP contribution in [0.25, 0.3) is 0 Å². The fourth-order valence-corrected chi connectivity index (χ4v) is 3.62. The molecule has 0 amide bonds. The van der Waals surface area contributed by atoms with Gasteiger partial charge in [0.05, 0.1) is 0 Å². The van der Waals surface area contributed by atoms with Crippen molar-refractivity contribution >= 4 is 5.97 Å². The van der Waals surface area contributed by atoms with Gasteiger partial charge >= 0.3 is 113 Å². The third-order valence-corrected chi connectivity index (χ3v) is 7.47. The first-order valence-corrected chi connectivity index (χ1v) is 13.0. The van der Waals surface area contributed by atoms with Gasteiger partial charge in [0, 0.05) is 12.0 Å². The molecule has 61 heavy (non-hydrogen) atoms. The van der Waals surface area contributed by atoms with Crippen molar-refractivity contribution in [2.24, 2.45) is 0 Å². The monoisotopic (exact) mass is 1000 g/mol. The summed E-state index contributed by atoms with van der Waals surface area (Å²) in [7, 11) is 0. The van der Waals surface area contributed by atoms with Crippen molar-refractivity contribution < 1.29 is 172 Å². The molecule has 0 aliphatic rings. The lowest BCUT2D eigenvalue weighted by Crippen LogP contribution is -2.80. The van der Waals surface area contributed by atoms with Gasteiger partial charge in [0.2, 0.25) is 0 Å². The van der Waals surface area contributed by atoms with Crippen LogP contribution in [0.1, 0.15) is 6.42 Å². The fraction of sp³-hybridized carbons (Fsp3) is 0.864. The Hall–Kier alpha value is -3.38. The molecule has 1 N–H and O–H groups in total. The molecular weight excluding hydrogens is 999 g/mol. The first-order chi connectivity index (χ1) is 25.6. The van der Waals surface area contributed by atoms with Crippen molar-refractivity contribution in [1.29, 1.82) is 0 Å². The topological polar surface area (TPSA) is 37.3 Å². The van der Waals surface area contributed by atoms with Crippen molar-refractivity contribution in [3.8, 4) is 0 Å². The zero-order chi connectivity index (χ0) is 50.9. The number of carboxylic acids is 1. The summed E-state index contributed by atoms with van der Waals surface area (Å²) in [5, 5.41) is 8.20. The molecule has 0 aromatic heterocycles. The predicted molar refractivity (Wildman–Crippen MR) is 112 cm³/mol. The maximum absolute atomic E-state index is 14.0. The van der Waals surface area contributed by atoms with Gasteiger partial charge in [-0.05, 0) is 0 Å². The smallest absolute Gasteiger partial charge is 0.460 e. The van der Waals surface area contributed by atoms with Crippen LogP contribution in [0.15, 0.2) is 12.2 Å². The minimum Gasteiger partial charge on any atom is -0.478 e. The quantitative estimate of drug-likeness (QED) is 0.103. The summed E-state index contributed by atoms with van der Waals surface area (Å²) in [5.41, 5.74) is -2.58. The van der Waals surface area contributed by atoms with Crippen molar-refractivity contribution in [1.82, 2.24) is 0 Å². The van der Waals surface area contributed by atoms with E-state index in [9.17, 15) is 167 Å². The van der Waals surface area contributed by atoms with Gasteiger partial charge in [-0.1, -0.05) is 6.58 Å². The van der Waals surface area contributed by atoms with Crippen molar-refractivity contribution in [3.63, 3.8) is 0 Å². The highest BCUT2D eigenvalue weighted by molar-refractivity contribution is 5.85. The molecule has 0 saturated carbocycles. The summed E-state index contributed by atoms with van der Waals surface area (Å²) < 4.78 is 503. The van der Waals surface area contributed by atoms with E-state index in [-0.39, 0.29) is 0 Å². The zero-order valence-corrected chi connectivity index (χ0v) is 26.3. The lowest BCUT2D eigenvalue weighted by Gasteiger charge is -2.47. The summed E-state index contributed by atoms with van der Waals surface area (Å²) in [5.74, 6) is -170. The molecule has 0 saturated heterocycles. The molecule has 0 aromatic carbocycles. The molecule has 0 rings (SSSR count). The number of halogens is 37. The molecule has 0 aliphatic carbocycles. The van der Waals surface area contributed by atoms with Crippen LogP contribution in [-0.2, 0) is 4.79 Å². The van der Waals surface area contributed by atoms with Gasteiger partial charge in [0.25, 0.3) is 0 Å². The average molecular weight is 1000 g/mol. The first-order valence-electron chi connectivity index (χ1n) is 13.0. The Morgan fingerprint density at radius 1 is 0.279 bits per heavy atom. The minimum atomic E-state index is -10.5. The largest absolute Gasteiger partial charge is 0.478 e. The fourth-order valence-electron chi connectivity index (χ4n) is 3.62. The molecule has 0 unspecified atom stereocenters. The van der Waals surface area contributed by atoms with Gasteiger partial charge in [-0.15, -0.1) is 0 Å². The maximum Gasteiger partial charge on any atom is 0.460 e. The van der Waals surface area contributed by atoms with E-state index >= 15 is 0 Å². The number of hydrogen-bond acceptors (Lipinski definition) is 1. The lowest BCUT2D eigenvalue weighted by molar-refractivity contribution is -0.493. The standard InChI is InChI=1S/C22H5F37O2/c1-3(4(60)61)2-5(23,24)6(25,26)7(27,28)8(29,30)9(31,32)10(33,34)11(35,36)12(37,38)13(39,40)14(41,42)15(43,44)16(45,46)17(47,48)18(49,50)19(51,52)20(53,54)21(55,56)22(57,58)59/h1-2H2,(H,60,61). The van der Waals surface area contributed by atoms with Crippen molar-refractivity contribution in [2.45, 2.75) is 113 Å². The maximum atomic E-state index is 14.0. The Kier molecular flexibility index (Phi) is 13.3. The molecule has 0 spiro atoms. The van der Waals surface area contributed by atoms with Gasteiger partial charge in [-0.3, -0.25) is 0 Å². The van der Waals surface area contributed by atoms with Gasteiger partial charge in [-0.25, -0.2) is 4.79 Å². The van der Waals surface area contributed by atoms with Crippen LogP contribution in [-0.4, -0.2) is 118 Å². The summed E-state index contributed by atoms with van der Waals surface area (Å²) in [4.78, 5) is 10.4. The van der Waals surface area contributed by atoms with E-state index in [0.717, 1.165) is 0 Å². The van der Waals surface area contributed by atoms with Gasteiger partial charge in [0.15, 0.2) is 0 Å². The second-order valence-electron chi connectivity index (χ2n) is 11.5. The highest BCUT2D eigenvalue weighted by Crippen LogP contribution is 2.70. The average Bonchev–Trinajstić information content (AvgIpc) is 3.02. The summed E-state index contributed by atoms with van der Waals surface area (Å²) >= 11 is 0. The number of aliphatic carboxylic acids is 1. The summed E-state index contributed by atoms with van der Waals surface area (Å²) in [6.45, 7) is 1.85. The number of carboxylic acid groups (broad SMARTS) is 1. The normalized spacial score (nSPS) is 16.9. The second-order valence-corrected chi connectivity index (χ2v) is 11.5. The molecule has 2 nitrogen and oxygen atoms in total. The third kappa shape index (κ3) is 6.71. The lowest BCUT2D eigenvalue weighted by atomic mass is 9.82. The van der Waals surface area contributed by atoms with Crippen LogP contribution in [0.5, 0.6) is 0 Å². The Morgan fingerprint density at radius 3 is 0.541 bits per heavy atom. The van der Waals surface area contributed by atoms with Gasteiger partial charge < -0.3 is 5.11 Å². The number of carbonyl (C=O) groups is 1. The van der Waals surface area contributed by atoms with Crippen LogP contribution in [0.4, 0.5) is 162 Å². The van der Waals surface area contributed by atoms with Crippen LogP contribution in [0.2, 0.25) is 0 Å². The SMILES string of the molecule is C=C(CC(F)(F)C(F)(F)C(F)(F)C(F)(F)C(F)(F)C(F)(F)C(F)(F)C(F)(F)C(F)(F)C(F)(F)C(F)(F)C(F)(F)C(F)(F)C(F)(F)C(F)(F)C(F)(F)C(F)(F)C(F)(F)F)C(=O)O. The van der Waals surface area contributed by atoms with Crippen molar-refractivity contribution in [3.05, 3.63) is 12.2 Å². The third-order valence-electron chi connectivity index (χ3n) is 7.47. The number of rotatable bonds is 19. The van der Waals surface area contributed by atoms with E-state index in [1.165, 1.54) is 0 Å². The highest BCUT2D eigenvalue weighted by Gasteiger charge is 3.02. The van der Waals surface area contributed by atoms with Crippen LogP contribution < -0.4 is 0 Å². The molecule has 0 heterocycles. The molecule has 39 heteroatoms. The second kappa shape index (κ2) is 14.1. The Bertz CT molecular complexity index is 1660. The summed E-state index contributed by atoms with van der Waals surface area (Å²) in [6.07, 6.45) is -12.2. The summed E-state index contributed by atoms with van der Waals surface area (Å²) in [6, 6.07) is 0. The molecule has 0 aromatic rings. The zero-order valence-electron chi connectivity index (χ0n) is 26.3. The van der Waals surface area contributed by atoms with E-state index in [1.807, 2.05) is 6.58 Å². The molecule has 0 fully saturated rings. The molecular formula is C22H5F37O2. The van der Waals surface area contributed by atoms with Crippen LogP contribution in [0.3, 0.4) is 0 Å². The van der Waals surface area contributed by atoms with E-state index in [2.05, 4.69) is 0 Å². The number of alkyl halides is 37. The van der Waals surface area contributed by atoms with E-state index in [4.69, 9.17) is 5.11 Å². The van der Waals surface area contributed by atoms with E-state index in [0.29, 0.717) is 0 Å². The Labute approximate surface area is 305 Å². The molecule has 364 valence electrons. The molecule has 0 atom stereocenters. The highest BCUT2D eigenvalue weighted by atomic mass is 19.4. The minimum absolute atomic E-state index is 1.85. The first kappa shape index (κ1) is 57.6. The van der Waals surface area contributed by atoms with E-state index < -0.39 is 125 Å². The van der Waals surface area contributed by atoms with Gasteiger partial charge in [-0.2, -0.15) is 162 Å². The predicted octanol–water partition coefficient (Wildman–Crippen LogP) is 12.4. The van der Waals surface area contributed by atoms with E-state index in [1.54, 1.807) is 0 Å².